The maximum absolute atomic E-state index is 11.9. The molecule has 0 saturated heterocycles. The van der Waals surface area contributed by atoms with Crippen molar-refractivity contribution in [2.24, 2.45) is 0 Å². The normalized spacial score (nSPS) is 10.1. The molecule has 4 heteroatoms. The van der Waals surface area contributed by atoms with Gasteiger partial charge in [0.15, 0.2) is 6.61 Å². The van der Waals surface area contributed by atoms with Crippen LogP contribution in [0.1, 0.15) is 18.1 Å². The molecule has 0 saturated carbocycles. The molecule has 22 heavy (non-hydrogen) atoms. The Kier molecular flexibility index (Phi) is 5.83. The topological polar surface area (TPSA) is 47.6 Å². The number of methoxy groups -OCH3 is 1. The molecule has 1 N–H and O–H groups in total. The van der Waals surface area contributed by atoms with E-state index in [9.17, 15) is 4.79 Å². The van der Waals surface area contributed by atoms with Crippen molar-refractivity contribution in [3.63, 3.8) is 0 Å². The molecule has 1 amide bonds. The Morgan fingerprint density at radius 1 is 1.14 bits per heavy atom. The molecule has 4 nitrogen and oxygen atoms in total. The van der Waals surface area contributed by atoms with Gasteiger partial charge in [0.05, 0.1) is 7.11 Å². The third kappa shape index (κ3) is 4.52. The van der Waals surface area contributed by atoms with Crippen molar-refractivity contribution in [3.8, 4) is 11.5 Å². The van der Waals surface area contributed by atoms with Crippen LogP contribution in [0.3, 0.4) is 0 Å². The van der Waals surface area contributed by atoms with E-state index in [0.717, 1.165) is 29.0 Å². The van der Waals surface area contributed by atoms with Crippen molar-refractivity contribution < 1.29 is 14.3 Å². The molecule has 0 unspecified atom stereocenters. The van der Waals surface area contributed by atoms with Crippen LogP contribution in [-0.4, -0.2) is 19.6 Å². The number of para-hydroxylation sites is 1. The van der Waals surface area contributed by atoms with Crippen LogP contribution in [0.4, 0.5) is 0 Å². The van der Waals surface area contributed by atoms with E-state index >= 15 is 0 Å². The van der Waals surface area contributed by atoms with Gasteiger partial charge in [0.25, 0.3) is 5.91 Å². The first-order valence-corrected chi connectivity index (χ1v) is 7.33. The van der Waals surface area contributed by atoms with Crippen LogP contribution in [-0.2, 0) is 17.8 Å². The fraction of sp³-hybridized carbons (Fsp3) is 0.278. The van der Waals surface area contributed by atoms with Gasteiger partial charge in [-0.2, -0.15) is 0 Å². The van der Waals surface area contributed by atoms with Crippen molar-refractivity contribution in [1.29, 1.82) is 0 Å². The van der Waals surface area contributed by atoms with E-state index in [1.54, 1.807) is 7.11 Å². The predicted molar refractivity (Wildman–Crippen MR) is 86.2 cm³/mol. The summed E-state index contributed by atoms with van der Waals surface area (Å²) in [4.78, 5) is 11.9. The molecule has 0 bridgehead atoms. The fourth-order valence-electron chi connectivity index (χ4n) is 2.11. The second-order valence-electron chi connectivity index (χ2n) is 4.88. The van der Waals surface area contributed by atoms with Crippen LogP contribution in [0, 0.1) is 0 Å². The van der Waals surface area contributed by atoms with Gasteiger partial charge in [0, 0.05) is 6.54 Å². The van der Waals surface area contributed by atoms with E-state index in [1.807, 2.05) is 48.5 Å². The molecule has 0 fully saturated rings. The lowest BCUT2D eigenvalue weighted by molar-refractivity contribution is -0.123. The molecule has 2 aromatic rings. The Hall–Kier alpha value is -2.49. The molecule has 0 aliphatic carbocycles. The maximum atomic E-state index is 11.9. The SMILES string of the molecule is CCc1ccccc1OCC(=O)NCc1cccc(OC)c1. The first-order valence-electron chi connectivity index (χ1n) is 7.33. The van der Waals surface area contributed by atoms with Gasteiger partial charge in [-0.15, -0.1) is 0 Å². The highest BCUT2D eigenvalue weighted by molar-refractivity contribution is 5.77. The number of ether oxygens (including phenoxy) is 2. The average molecular weight is 299 g/mol. The fourth-order valence-corrected chi connectivity index (χ4v) is 2.11. The zero-order chi connectivity index (χ0) is 15.8. The van der Waals surface area contributed by atoms with Gasteiger partial charge < -0.3 is 14.8 Å². The summed E-state index contributed by atoms with van der Waals surface area (Å²) in [5, 5.41) is 2.84. The Balaban J connectivity index is 1.83. The molecule has 2 rings (SSSR count). The number of rotatable bonds is 7. The molecule has 0 atom stereocenters. The van der Waals surface area contributed by atoms with E-state index in [4.69, 9.17) is 9.47 Å². The number of nitrogens with one attached hydrogen (secondary N) is 1. The molecular formula is C18H21NO3. The second-order valence-corrected chi connectivity index (χ2v) is 4.88. The molecule has 0 aliphatic heterocycles. The van der Waals surface area contributed by atoms with Crippen molar-refractivity contribution in [2.45, 2.75) is 19.9 Å². The lowest BCUT2D eigenvalue weighted by Crippen LogP contribution is -2.28. The van der Waals surface area contributed by atoms with Crippen LogP contribution >= 0.6 is 0 Å². The summed E-state index contributed by atoms with van der Waals surface area (Å²) >= 11 is 0. The Bertz CT molecular complexity index is 625. The minimum absolute atomic E-state index is 0.0149. The summed E-state index contributed by atoms with van der Waals surface area (Å²) in [6.07, 6.45) is 0.877. The highest BCUT2D eigenvalue weighted by Crippen LogP contribution is 2.18. The van der Waals surface area contributed by atoms with Crippen molar-refractivity contribution in [2.75, 3.05) is 13.7 Å². The number of carbonyl (C=O) groups is 1. The molecule has 2 aromatic carbocycles. The molecule has 0 radical (unpaired) electrons. The minimum Gasteiger partial charge on any atom is -0.497 e. The van der Waals surface area contributed by atoms with Crippen molar-refractivity contribution in [1.82, 2.24) is 5.32 Å². The molecule has 116 valence electrons. The van der Waals surface area contributed by atoms with Crippen LogP contribution < -0.4 is 14.8 Å². The van der Waals surface area contributed by atoms with Crippen molar-refractivity contribution in [3.05, 3.63) is 59.7 Å². The highest BCUT2D eigenvalue weighted by atomic mass is 16.5. The Labute approximate surface area is 131 Å². The van der Waals surface area contributed by atoms with Gasteiger partial charge in [0.2, 0.25) is 0 Å². The number of amides is 1. The smallest absolute Gasteiger partial charge is 0.258 e. The second kappa shape index (κ2) is 8.08. The van der Waals surface area contributed by atoms with Crippen molar-refractivity contribution >= 4 is 5.91 Å². The maximum Gasteiger partial charge on any atom is 0.258 e. The summed E-state index contributed by atoms with van der Waals surface area (Å²) in [5.74, 6) is 1.40. The molecule has 0 aliphatic rings. The number of hydrogen-bond donors (Lipinski definition) is 1. The van der Waals surface area contributed by atoms with Crippen LogP contribution in [0.5, 0.6) is 11.5 Å². The van der Waals surface area contributed by atoms with E-state index in [2.05, 4.69) is 12.2 Å². The van der Waals surface area contributed by atoms with E-state index < -0.39 is 0 Å². The summed E-state index contributed by atoms with van der Waals surface area (Å²) in [7, 11) is 1.62. The van der Waals surface area contributed by atoms with Gasteiger partial charge in [-0.3, -0.25) is 4.79 Å². The highest BCUT2D eigenvalue weighted by Gasteiger charge is 2.06. The standard InChI is InChI=1S/C18H21NO3/c1-3-15-8-4-5-10-17(15)22-13-18(20)19-12-14-7-6-9-16(11-14)21-2/h4-11H,3,12-13H2,1-2H3,(H,19,20). The Morgan fingerprint density at radius 3 is 2.73 bits per heavy atom. The zero-order valence-corrected chi connectivity index (χ0v) is 13.0. The molecule has 0 spiro atoms. The van der Waals surface area contributed by atoms with Gasteiger partial charge >= 0.3 is 0 Å². The minimum atomic E-state index is -0.145. The number of hydrogen-bond acceptors (Lipinski definition) is 3. The molecular weight excluding hydrogens is 278 g/mol. The first kappa shape index (κ1) is 15.9. The van der Waals surface area contributed by atoms with Crippen LogP contribution in [0.25, 0.3) is 0 Å². The number of carbonyl (C=O) groups excluding carboxylic acids is 1. The van der Waals surface area contributed by atoms with Crippen LogP contribution in [0.15, 0.2) is 48.5 Å². The third-order valence-corrected chi connectivity index (χ3v) is 3.34. The molecule has 0 aromatic heterocycles. The largest absolute Gasteiger partial charge is 0.497 e. The van der Waals surface area contributed by atoms with Gasteiger partial charge in [-0.1, -0.05) is 37.3 Å². The first-order chi connectivity index (χ1) is 10.7. The monoisotopic (exact) mass is 299 g/mol. The molecule has 0 heterocycles. The van der Waals surface area contributed by atoms with Gasteiger partial charge in [-0.25, -0.2) is 0 Å². The number of benzene rings is 2. The summed E-state index contributed by atoms with van der Waals surface area (Å²) < 4.78 is 10.7. The van der Waals surface area contributed by atoms with Crippen LogP contribution in [0.2, 0.25) is 0 Å². The summed E-state index contributed by atoms with van der Waals surface area (Å²) in [5.41, 5.74) is 2.09. The van der Waals surface area contributed by atoms with Gasteiger partial charge in [-0.05, 0) is 35.7 Å². The zero-order valence-electron chi connectivity index (χ0n) is 13.0. The van der Waals surface area contributed by atoms with Gasteiger partial charge in [0.1, 0.15) is 11.5 Å². The van der Waals surface area contributed by atoms with E-state index in [0.29, 0.717) is 6.54 Å². The summed E-state index contributed by atoms with van der Waals surface area (Å²) in [6.45, 7) is 2.53. The van der Waals surface area contributed by atoms with E-state index in [1.165, 1.54) is 0 Å². The lowest BCUT2D eigenvalue weighted by Gasteiger charge is -2.11. The number of aryl methyl sites for hydroxylation is 1. The average Bonchev–Trinajstić information content (AvgIpc) is 2.58. The quantitative estimate of drug-likeness (QED) is 0.855. The predicted octanol–water partition coefficient (Wildman–Crippen LogP) is 2.95. The third-order valence-electron chi connectivity index (χ3n) is 3.34. The lowest BCUT2D eigenvalue weighted by atomic mass is 10.1. The summed E-state index contributed by atoms with van der Waals surface area (Å²) in [6, 6.07) is 15.4. The Morgan fingerprint density at radius 2 is 1.95 bits per heavy atom. The van der Waals surface area contributed by atoms with E-state index in [-0.39, 0.29) is 12.5 Å².